The van der Waals surface area contributed by atoms with E-state index in [2.05, 4.69) is 36.3 Å². The van der Waals surface area contributed by atoms with Crippen LogP contribution in [0.5, 0.6) is 0 Å². The number of nitrogens with zero attached hydrogens (tertiary/aromatic N) is 4. The van der Waals surface area contributed by atoms with Crippen molar-refractivity contribution < 1.29 is 4.79 Å². The lowest BCUT2D eigenvalue weighted by Crippen LogP contribution is -2.16. The van der Waals surface area contributed by atoms with Gasteiger partial charge in [-0.05, 0) is 22.0 Å². The Hall–Kier alpha value is -1.47. The van der Waals surface area contributed by atoms with Crippen LogP contribution in [0.4, 0.5) is 5.95 Å². The normalized spacial score (nSPS) is 10.3. The largest absolute Gasteiger partial charge is 0.291 e. The lowest BCUT2D eigenvalue weighted by Gasteiger charge is -2.05. The van der Waals surface area contributed by atoms with Gasteiger partial charge in [-0.2, -0.15) is 10.1 Å². The van der Waals surface area contributed by atoms with E-state index >= 15 is 0 Å². The number of halogens is 2. The van der Waals surface area contributed by atoms with Crippen molar-refractivity contribution in [3.05, 3.63) is 33.8 Å². The van der Waals surface area contributed by atoms with E-state index in [4.69, 9.17) is 11.6 Å². The predicted molar refractivity (Wildman–Crippen MR) is 65.9 cm³/mol. The van der Waals surface area contributed by atoms with Crippen molar-refractivity contribution >= 4 is 39.4 Å². The molecule has 0 saturated heterocycles. The van der Waals surface area contributed by atoms with E-state index in [9.17, 15) is 4.79 Å². The molecule has 88 valence electrons. The number of rotatable bonds is 2. The predicted octanol–water partition coefficient (Wildman–Crippen LogP) is 1.88. The minimum absolute atomic E-state index is 0.132. The Morgan fingerprint density at radius 2 is 2.29 bits per heavy atom. The van der Waals surface area contributed by atoms with E-state index in [0.29, 0.717) is 10.4 Å². The molecule has 2 aromatic rings. The first-order chi connectivity index (χ1) is 8.08. The average molecular weight is 317 g/mol. The second-order valence-corrected chi connectivity index (χ2v) is 4.43. The summed E-state index contributed by atoms with van der Waals surface area (Å²) in [6, 6.07) is 1.58. The monoisotopic (exact) mass is 315 g/mol. The maximum Gasteiger partial charge on any atom is 0.261 e. The summed E-state index contributed by atoms with van der Waals surface area (Å²) in [5.41, 5.74) is 0.268. The fourth-order valence-corrected chi connectivity index (χ4v) is 1.68. The van der Waals surface area contributed by atoms with Crippen LogP contribution in [0.15, 0.2) is 23.1 Å². The molecule has 0 unspecified atom stereocenters. The molecular weight excluding hydrogens is 309 g/mol. The molecule has 0 aliphatic carbocycles. The summed E-state index contributed by atoms with van der Waals surface area (Å²) >= 11 is 9.06. The van der Waals surface area contributed by atoms with Gasteiger partial charge in [0.05, 0.1) is 5.56 Å². The molecule has 17 heavy (non-hydrogen) atoms. The van der Waals surface area contributed by atoms with Gasteiger partial charge in [0.1, 0.15) is 11.5 Å². The molecule has 2 heterocycles. The highest BCUT2D eigenvalue weighted by Gasteiger charge is 2.14. The van der Waals surface area contributed by atoms with Gasteiger partial charge in [-0.3, -0.25) is 10.1 Å². The molecule has 0 aliphatic heterocycles. The maximum atomic E-state index is 11.9. The van der Waals surface area contributed by atoms with Crippen LogP contribution in [0, 0.1) is 0 Å². The molecule has 1 N–H and O–H groups in total. The summed E-state index contributed by atoms with van der Waals surface area (Å²) in [7, 11) is 1.67. The number of pyridine rings is 1. The van der Waals surface area contributed by atoms with Crippen LogP contribution in [0.2, 0.25) is 5.15 Å². The Balaban J connectivity index is 2.26. The second kappa shape index (κ2) is 4.80. The van der Waals surface area contributed by atoms with Crippen LogP contribution in [-0.2, 0) is 7.05 Å². The summed E-state index contributed by atoms with van der Waals surface area (Å²) in [4.78, 5) is 19.6. The van der Waals surface area contributed by atoms with E-state index in [1.807, 2.05) is 0 Å². The number of aromatic nitrogens is 4. The third kappa shape index (κ3) is 2.62. The zero-order valence-corrected chi connectivity index (χ0v) is 11.0. The number of aryl methyl sites for hydroxylation is 1. The molecule has 0 spiro atoms. The van der Waals surface area contributed by atoms with Gasteiger partial charge in [0.15, 0.2) is 0 Å². The topological polar surface area (TPSA) is 72.7 Å². The van der Waals surface area contributed by atoms with E-state index in [1.54, 1.807) is 13.1 Å². The molecule has 6 nitrogen and oxygen atoms in total. The Bertz CT molecular complexity index is 570. The third-order valence-corrected chi connectivity index (χ3v) is 2.72. The summed E-state index contributed by atoms with van der Waals surface area (Å²) < 4.78 is 2.11. The van der Waals surface area contributed by atoms with Crippen molar-refractivity contribution in [2.24, 2.45) is 7.05 Å². The fraction of sp³-hybridized carbons (Fsp3) is 0.111. The summed E-state index contributed by atoms with van der Waals surface area (Å²) in [6.07, 6.45) is 2.86. The molecule has 1 amide bonds. The first kappa shape index (κ1) is 12.0. The standard InChI is InChI=1S/C9H7BrClN5O/c1-16-9(13-4-14-16)15-8(17)6-2-5(10)3-12-7(6)11/h2-4H,1H3,(H,13,14,15,17). The van der Waals surface area contributed by atoms with Crippen LogP contribution in [0.3, 0.4) is 0 Å². The highest BCUT2D eigenvalue weighted by atomic mass is 79.9. The molecule has 0 aliphatic rings. The number of anilines is 1. The summed E-state index contributed by atoms with van der Waals surface area (Å²) in [6.45, 7) is 0. The number of amides is 1. The van der Waals surface area contributed by atoms with Crippen molar-refractivity contribution in [1.82, 2.24) is 19.7 Å². The third-order valence-electron chi connectivity index (χ3n) is 1.99. The zero-order chi connectivity index (χ0) is 12.4. The highest BCUT2D eigenvalue weighted by molar-refractivity contribution is 9.10. The SMILES string of the molecule is Cn1ncnc1NC(=O)c1cc(Br)cnc1Cl. The van der Waals surface area contributed by atoms with E-state index in [1.165, 1.54) is 17.2 Å². The number of nitrogens with one attached hydrogen (secondary N) is 1. The van der Waals surface area contributed by atoms with Gasteiger partial charge in [0, 0.05) is 17.7 Å². The van der Waals surface area contributed by atoms with Gasteiger partial charge in [-0.1, -0.05) is 11.6 Å². The highest BCUT2D eigenvalue weighted by Crippen LogP contribution is 2.18. The van der Waals surface area contributed by atoms with Crippen molar-refractivity contribution in [3.63, 3.8) is 0 Å². The van der Waals surface area contributed by atoms with Crippen molar-refractivity contribution in [3.8, 4) is 0 Å². The first-order valence-corrected chi connectivity index (χ1v) is 5.71. The molecular formula is C9H7BrClN5O. The summed E-state index contributed by atoms with van der Waals surface area (Å²) in [5.74, 6) is -0.0501. The Morgan fingerprint density at radius 1 is 1.53 bits per heavy atom. The van der Waals surface area contributed by atoms with Crippen LogP contribution >= 0.6 is 27.5 Å². The summed E-state index contributed by atoms with van der Waals surface area (Å²) in [5, 5.41) is 6.55. The molecule has 0 radical (unpaired) electrons. The van der Waals surface area contributed by atoms with E-state index in [-0.39, 0.29) is 16.6 Å². The van der Waals surface area contributed by atoms with E-state index in [0.717, 1.165) is 0 Å². The molecule has 0 fully saturated rings. The molecule has 8 heteroatoms. The number of carbonyl (C=O) groups is 1. The number of hydrogen-bond acceptors (Lipinski definition) is 4. The van der Waals surface area contributed by atoms with Crippen molar-refractivity contribution in [1.29, 1.82) is 0 Å². The minimum atomic E-state index is -0.389. The molecule has 0 bridgehead atoms. The van der Waals surface area contributed by atoms with Gasteiger partial charge in [0.25, 0.3) is 5.91 Å². The second-order valence-electron chi connectivity index (χ2n) is 3.15. The van der Waals surface area contributed by atoms with E-state index < -0.39 is 0 Å². The molecule has 2 rings (SSSR count). The molecule has 0 atom stereocenters. The number of hydrogen-bond donors (Lipinski definition) is 1. The van der Waals surface area contributed by atoms with Gasteiger partial charge in [0.2, 0.25) is 5.95 Å². The molecule has 0 saturated carbocycles. The quantitative estimate of drug-likeness (QED) is 0.859. The lowest BCUT2D eigenvalue weighted by molar-refractivity contribution is 0.102. The van der Waals surface area contributed by atoms with Crippen LogP contribution in [0.1, 0.15) is 10.4 Å². The van der Waals surface area contributed by atoms with Crippen molar-refractivity contribution in [2.45, 2.75) is 0 Å². The Kier molecular flexibility index (Phi) is 3.39. The average Bonchev–Trinajstić information content (AvgIpc) is 2.68. The smallest absolute Gasteiger partial charge is 0.261 e. The van der Waals surface area contributed by atoms with Crippen LogP contribution in [0.25, 0.3) is 0 Å². The van der Waals surface area contributed by atoms with Gasteiger partial charge in [-0.25, -0.2) is 9.67 Å². The minimum Gasteiger partial charge on any atom is -0.291 e. The molecule has 0 aromatic carbocycles. The van der Waals surface area contributed by atoms with Crippen molar-refractivity contribution in [2.75, 3.05) is 5.32 Å². The Labute approximate surface area is 110 Å². The first-order valence-electron chi connectivity index (χ1n) is 4.54. The zero-order valence-electron chi connectivity index (χ0n) is 8.69. The fourth-order valence-electron chi connectivity index (χ4n) is 1.16. The maximum absolute atomic E-state index is 11.9. The van der Waals surface area contributed by atoms with Crippen LogP contribution in [-0.4, -0.2) is 25.7 Å². The van der Waals surface area contributed by atoms with Crippen LogP contribution < -0.4 is 5.32 Å². The van der Waals surface area contributed by atoms with Gasteiger partial charge < -0.3 is 0 Å². The Morgan fingerprint density at radius 3 is 2.94 bits per heavy atom. The van der Waals surface area contributed by atoms with Gasteiger partial charge >= 0.3 is 0 Å². The number of carbonyl (C=O) groups excluding carboxylic acids is 1. The molecule has 2 aromatic heterocycles. The lowest BCUT2D eigenvalue weighted by atomic mass is 10.3. The van der Waals surface area contributed by atoms with Gasteiger partial charge in [-0.15, -0.1) is 0 Å².